The van der Waals surface area contributed by atoms with Crippen molar-refractivity contribution < 1.29 is 23.8 Å². The first kappa shape index (κ1) is 25.8. The lowest BCUT2D eigenvalue weighted by molar-refractivity contribution is -0.137. The second kappa shape index (κ2) is 9.79. The summed E-state index contributed by atoms with van der Waals surface area (Å²) >= 11 is 0. The average molecular weight is 511 g/mol. The Morgan fingerprint density at radius 2 is 2.00 bits per heavy atom. The average Bonchev–Trinajstić information content (AvgIpc) is 3.79. The number of piperazine rings is 1. The molecule has 37 heavy (non-hydrogen) atoms. The lowest BCUT2D eigenvalue weighted by atomic mass is 9.87. The molecule has 2 aliphatic heterocycles. The van der Waals surface area contributed by atoms with E-state index in [9.17, 15) is 14.9 Å². The number of hydrogen-bond acceptors (Lipinski definition) is 8. The third-order valence-corrected chi connectivity index (χ3v) is 8.30. The van der Waals surface area contributed by atoms with E-state index in [0.717, 1.165) is 41.9 Å². The smallest absolute Gasteiger partial charge is 0.438 e. The molecule has 0 aromatic carbocycles. The van der Waals surface area contributed by atoms with Crippen LogP contribution in [0.5, 0.6) is 0 Å². The molecule has 2 aliphatic carbocycles. The molecule has 4 aliphatic rings. The predicted octanol–water partition coefficient (Wildman–Crippen LogP) is 3.77. The number of aromatic nitrogens is 1. The van der Waals surface area contributed by atoms with Crippen LogP contribution in [0.15, 0.2) is 0 Å². The summed E-state index contributed by atoms with van der Waals surface area (Å²) < 4.78 is 15.7. The van der Waals surface area contributed by atoms with Crippen LogP contribution in [0.4, 0.5) is 10.6 Å². The van der Waals surface area contributed by atoms with Crippen LogP contribution in [0.1, 0.15) is 75.3 Å². The molecule has 1 saturated heterocycles. The van der Waals surface area contributed by atoms with Crippen LogP contribution in [0.2, 0.25) is 0 Å². The number of methoxy groups -OCH3 is 1. The zero-order valence-corrected chi connectivity index (χ0v) is 22.6. The molecule has 5 rings (SSSR count). The summed E-state index contributed by atoms with van der Waals surface area (Å²) in [6, 6.07) is 2.51. The number of pyridine rings is 1. The highest BCUT2D eigenvalue weighted by atomic mass is 16.7. The molecule has 3 heterocycles. The summed E-state index contributed by atoms with van der Waals surface area (Å²) in [7, 11) is 1.28. The van der Waals surface area contributed by atoms with Crippen LogP contribution in [0.25, 0.3) is 0 Å². The van der Waals surface area contributed by atoms with E-state index in [2.05, 4.69) is 43.4 Å². The van der Waals surface area contributed by atoms with Crippen molar-refractivity contribution in [1.29, 1.82) is 5.26 Å². The fraction of sp³-hybridized carbons (Fsp3) is 0.714. The highest BCUT2D eigenvalue weighted by molar-refractivity contribution is 5.82. The van der Waals surface area contributed by atoms with Crippen LogP contribution in [0.3, 0.4) is 0 Å². The summed E-state index contributed by atoms with van der Waals surface area (Å²) in [6.07, 6.45) is 2.98. The van der Waals surface area contributed by atoms with Gasteiger partial charge in [0, 0.05) is 49.4 Å². The topological polar surface area (TPSA) is 105 Å². The zero-order chi connectivity index (χ0) is 26.5. The van der Waals surface area contributed by atoms with E-state index in [-0.39, 0.29) is 41.9 Å². The zero-order valence-electron chi connectivity index (χ0n) is 22.6. The molecule has 3 atom stereocenters. The molecule has 1 aromatic heterocycles. The number of nitriles is 1. The minimum atomic E-state index is -0.710. The number of nitrogens with zero attached hydrogens (tertiary/aromatic N) is 4. The molecule has 1 aromatic rings. The van der Waals surface area contributed by atoms with E-state index >= 15 is 0 Å². The fourth-order valence-electron chi connectivity index (χ4n) is 5.85. The standard InChI is InChI=1S/C28H38N4O5/c1-16(2)23-13-31(8-9-32(23)26(33)19-10-18(19)14-36-27(34)35-5)25-21(12-29)20-11-28(3,4)37-15-22(20)24(30-25)17-6-7-17/h16-19,23H,6-11,13-15H2,1-5H3. The Labute approximate surface area is 219 Å². The SMILES string of the molecule is COC(=O)OCC1CC1C(=O)N1CCN(c2nc(C3CC3)c3c(c2C#N)CC(C)(C)OC3)CC1C(C)C. The summed E-state index contributed by atoms with van der Waals surface area (Å²) in [6.45, 7) is 11.0. The van der Waals surface area contributed by atoms with Crippen molar-refractivity contribution in [2.24, 2.45) is 17.8 Å². The minimum Gasteiger partial charge on any atom is -0.438 e. The van der Waals surface area contributed by atoms with Gasteiger partial charge in [-0.05, 0) is 44.6 Å². The quantitative estimate of drug-likeness (QED) is 0.533. The van der Waals surface area contributed by atoms with Gasteiger partial charge in [-0.3, -0.25) is 4.79 Å². The summed E-state index contributed by atoms with van der Waals surface area (Å²) in [5, 5.41) is 10.3. The lowest BCUT2D eigenvalue weighted by Gasteiger charge is -2.45. The van der Waals surface area contributed by atoms with E-state index in [1.165, 1.54) is 7.11 Å². The molecule has 0 radical (unpaired) electrons. The number of carbonyl (C=O) groups excluding carboxylic acids is 2. The Kier molecular flexibility index (Phi) is 6.82. The van der Waals surface area contributed by atoms with Crippen molar-refractivity contribution in [3.8, 4) is 6.07 Å². The van der Waals surface area contributed by atoms with Crippen LogP contribution in [-0.2, 0) is 32.0 Å². The first-order valence-corrected chi connectivity index (χ1v) is 13.5. The van der Waals surface area contributed by atoms with Crippen molar-refractivity contribution in [2.45, 2.75) is 77.5 Å². The fourth-order valence-corrected chi connectivity index (χ4v) is 5.85. The second-order valence-electron chi connectivity index (χ2n) is 11.9. The van der Waals surface area contributed by atoms with Gasteiger partial charge in [0.1, 0.15) is 11.9 Å². The Morgan fingerprint density at radius 3 is 2.65 bits per heavy atom. The number of hydrogen-bond donors (Lipinski definition) is 0. The Balaban J connectivity index is 1.37. The van der Waals surface area contributed by atoms with Gasteiger partial charge >= 0.3 is 6.16 Å². The molecule has 200 valence electrons. The van der Waals surface area contributed by atoms with Crippen molar-refractivity contribution in [3.05, 3.63) is 22.4 Å². The maximum atomic E-state index is 13.4. The van der Waals surface area contributed by atoms with Gasteiger partial charge in [-0.15, -0.1) is 0 Å². The van der Waals surface area contributed by atoms with E-state index in [1.54, 1.807) is 0 Å². The number of carbonyl (C=O) groups is 2. The lowest BCUT2D eigenvalue weighted by Crippen LogP contribution is -2.58. The molecular weight excluding hydrogens is 472 g/mol. The summed E-state index contributed by atoms with van der Waals surface area (Å²) in [4.78, 5) is 34.1. The molecule has 0 bridgehead atoms. The molecule has 3 fully saturated rings. The Hall–Kier alpha value is -2.86. The molecular formula is C28H38N4O5. The number of anilines is 1. The number of rotatable bonds is 6. The van der Waals surface area contributed by atoms with Gasteiger partial charge in [0.05, 0.1) is 43.2 Å². The van der Waals surface area contributed by atoms with Crippen LogP contribution < -0.4 is 4.90 Å². The molecule has 3 unspecified atom stereocenters. The van der Waals surface area contributed by atoms with Gasteiger partial charge in [-0.2, -0.15) is 5.26 Å². The summed E-state index contributed by atoms with van der Waals surface area (Å²) in [5.41, 5.74) is 3.66. The van der Waals surface area contributed by atoms with Crippen molar-refractivity contribution >= 4 is 17.9 Å². The van der Waals surface area contributed by atoms with Crippen molar-refractivity contribution in [3.63, 3.8) is 0 Å². The van der Waals surface area contributed by atoms with Crippen molar-refractivity contribution in [1.82, 2.24) is 9.88 Å². The van der Waals surface area contributed by atoms with Crippen LogP contribution in [0, 0.1) is 29.1 Å². The van der Waals surface area contributed by atoms with Crippen LogP contribution in [-0.4, -0.2) is 66.9 Å². The highest BCUT2D eigenvalue weighted by Gasteiger charge is 2.48. The molecule has 9 nitrogen and oxygen atoms in total. The third-order valence-electron chi connectivity index (χ3n) is 8.30. The normalized spacial score (nSPS) is 26.4. The largest absolute Gasteiger partial charge is 0.507 e. The van der Waals surface area contributed by atoms with E-state index in [0.29, 0.717) is 44.1 Å². The van der Waals surface area contributed by atoms with Crippen LogP contribution >= 0.6 is 0 Å². The third kappa shape index (κ3) is 5.13. The predicted molar refractivity (Wildman–Crippen MR) is 136 cm³/mol. The number of fused-ring (bicyclic) bond motifs is 1. The molecule has 0 N–H and O–H groups in total. The molecule has 2 saturated carbocycles. The van der Waals surface area contributed by atoms with Gasteiger partial charge in [0.2, 0.25) is 5.91 Å². The number of amides is 1. The van der Waals surface area contributed by atoms with Gasteiger partial charge in [-0.25, -0.2) is 9.78 Å². The van der Waals surface area contributed by atoms with Crippen molar-refractivity contribution in [2.75, 3.05) is 38.3 Å². The minimum absolute atomic E-state index is 0.0116. The van der Waals surface area contributed by atoms with Gasteiger partial charge < -0.3 is 24.0 Å². The number of ether oxygens (including phenoxy) is 3. The maximum absolute atomic E-state index is 13.4. The monoisotopic (exact) mass is 510 g/mol. The van der Waals surface area contributed by atoms with E-state index in [4.69, 9.17) is 14.5 Å². The van der Waals surface area contributed by atoms with Gasteiger partial charge in [0.15, 0.2) is 0 Å². The van der Waals surface area contributed by atoms with E-state index in [1.807, 2.05) is 4.90 Å². The van der Waals surface area contributed by atoms with Gasteiger partial charge in [-0.1, -0.05) is 13.8 Å². The molecule has 1 amide bonds. The van der Waals surface area contributed by atoms with Gasteiger partial charge in [0.25, 0.3) is 0 Å². The highest BCUT2D eigenvalue weighted by Crippen LogP contribution is 2.46. The first-order chi connectivity index (χ1) is 17.6. The first-order valence-electron chi connectivity index (χ1n) is 13.5. The Bertz CT molecular complexity index is 1120. The molecule has 0 spiro atoms. The maximum Gasteiger partial charge on any atom is 0.507 e. The summed E-state index contributed by atoms with van der Waals surface area (Å²) in [5.74, 6) is 1.54. The Morgan fingerprint density at radius 1 is 1.24 bits per heavy atom. The molecule has 9 heteroatoms. The van der Waals surface area contributed by atoms with E-state index < -0.39 is 6.16 Å². The second-order valence-corrected chi connectivity index (χ2v) is 11.9.